The third kappa shape index (κ3) is 4.67. The summed E-state index contributed by atoms with van der Waals surface area (Å²) >= 11 is 6.17. The van der Waals surface area contributed by atoms with E-state index in [1.165, 1.54) is 28.7 Å². The molecular weight excluding hydrogens is 410 g/mol. The molecule has 0 saturated heterocycles. The summed E-state index contributed by atoms with van der Waals surface area (Å²) in [5.41, 5.74) is -1.23. The third-order valence-electron chi connectivity index (χ3n) is 5.16. The molecule has 9 nitrogen and oxygen atoms in total. The van der Waals surface area contributed by atoms with Gasteiger partial charge in [-0.2, -0.15) is 9.61 Å². The molecule has 0 bridgehead atoms. The van der Waals surface area contributed by atoms with E-state index < -0.39 is 23.2 Å². The van der Waals surface area contributed by atoms with Gasteiger partial charge in [-0.25, -0.2) is 9.78 Å². The summed E-state index contributed by atoms with van der Waals surface area (Å²) in [4.78, 5) is 30.9. The molecule has 30 heavy (non-hydrogen) atoms. The van der Waals surface area contributed by atoms with Gasteiger partial charge in [-0.15, -0.1) is 0 Å². The Bertz CT molecular complexity index is 966. The number of ether oxygens (including phenoxy) is 1. The van der Waals surface area contributed by atoms with Crippen LogP contribution in [0.15, 0.2) is 12.3 Å². The zero-order valence-corrected chi connectivity index (χ0v) is 18.7. The van der Waals surface area contributed by atoms with Crippen LogP contribution in [-0.4, -0.2) is 56.0 Å². The maximum Gasteiger partial charge on any atom is 0.415 e. The van der Waals surface area contributed by atoms with Crippen molar-refractivity contribution < 1.29 is 19.4 Å². The highest BCUT2D eigenvalue weighted by Gasteiger charge is 2.36. The fraction of sp³-hybridized carbons (Fsp3) is 0.600. The number of fused-ring (bicyclic) bond motifs is 1. The molecule has 0 aromatic carbocycles. The minimum Gasteiger partial charge on any atom is -0.443 e. The highest BCUT2D eigenvalue weighted by atomic mass is 35.5. The zero-order valence-electron chi connectivity index (χ0n) is 17.9. The normalized spacial score (nSPS) is 22.0. The van der Waals surface area contributed by atoms with Crippen molar-refractivity contribution in [1.29, 1.82) is 0 Å². The van der Waals surface area contributed by atoms with E-state index in [0.717, 1.165) is 12.8 Å². The van der Waals surface area contributed by atoms with Crippen LogP contribution in [0.5, 0.6) is 0 Å². The number of carbonyl (C=O) groups is 2. The first-order valence-corrected chi connectivity index (χ1v) is 10.3. The Hall–Kier alpha value is -2.39. The van der Waals surface area contributed by atoms with E-state index in [9.17, 15) is 14.7 Å². The largest absolute Gasteiger partial charge is 0.443 e. The molecule has 2 heterocycles. The highest BCUT2D eigenvalue weighted by Crippen LogP contribution is 2.29. The molecule has 10 heteroatoms. The monoisotopic (exact) mass is 437 g/mol. The van der Waals surface area contributed by atoms with E-state index in [0.29, 0.717) is 18.7 Å². The average molecular weight is 438 g/mol. The van der Waals surface area contributed by atoms with Crippen molar-refractivity contribution in [2.45, 2.75) is 70.6 Å². The van der Waals surface area contributed by atoms with E-state index in [1.807, 2.05) is 0 Å². The van der Waals surface area contributed by atoms with E-state index in [1.54, 1.807) is 27.7 Å². The molecule has 1 unspecified atom stereocenters. The standard InChI is InChI=1S/C20H28ClN5O4/c1-19(2,3)30-18(28)25(5)15-10-14(21)24-16-12(11-22-26(15)16)17(27)23-13-8-6-7-9-20(13,4)29/h10-11,13,29H,6-9H2,1-5H3,(H,23,27)/t13?,20-/m0/s1. The first-order valence-electron chi connectivity index (χ1n) is 9.93. The molecule has 1 aliphatic carbocycles. The first-order chi connectivity index (χ1) is 13.9. The second-order valence-corrected chi connectivity index (χ2v) is 9.29. The number of aliphatic hydroxyl groups is 1. The number of nitrogens with one attached hydrogen (secondary N) is 1. The fourth-order valence-corrected chi connectivity index (χ4v) is 3.70. The Morgan fingerprint density at radius 2 is 2.10 bits per heavy atom. The van der Waals surface area contributed by atoms with Gasteiger partial charge >= 0.3 is 6.09 Å². The lowest BCUT2D eigenvalue weighted by atomic mass is 9.81. The topological polar surface area (TPSA) is 109 Å². The second-order valence-electron chi connectivity index (χ2n) is 8.90. The van der Waals surface area contributed by atoms with Crippen molar-refractivity contribution in [1.82, 2.24) is 19.9 Å². The quantitative estimate of drug-likeness (QED) is 0.714. The molecular formula is C20H28ClN5O4. The molecule has 1 saturated carbocycles. The maximum atomic E-state index is 12.9. The van der Waals surface area contributed by atoms with Crippen LogP contribution in [-0.2, 0) is 4.74 Å². The molecule has 1 fully saturated rings. The van der Waals surface area contributed by atoms with E-state index in [2.05, 4.69) is 15.4 Å². The van der Waals surface area contributed by atoms with Gasteiger partial charge in [0.25, 0.3) is 5.91 Å². The van der Waals surface area contributed by atoms with Gasteiger partial charge in [-0.3, -0.25) is 9.69 Å². The number of carbonyl (C=O) groups excluding carboxylic acids is 2. The maximum absolute atomic E-state index is 12.9. The second kappa shape index (κ2) is 8.03. The van der Waals surface area contributed by atoms with Crippen LogP contribution in [0.3, 0.4) is 0 Å². The molecule has 2 N–H and O–H groups in total. The lowest BCUT2D eigenvalue weighted by molar-refractivity contribution is -0.00860. The first kappa shape index (κ1) is 22.3. The molecule has 0 radical (unpaired) electrons. The van der Waals surface area contributed by atoms with Gasteiger partial charge < -0.3 is 15.2 Å². The summed E-state index contributed by atoms with van der Waals surface area (Å²) in [6.45, 7) is 7.04. The number of amides is 2. The Morgan fingerprint density at radius 3 is 2.73 bits per heavy atom. The SMILES string of the molecule is CN(C(=O)OC(C)(C)C)c1cc(Cl)nc2c(C(=O)NC3CCCC[C@]3(C)O)cnn12. The van der Waals surface area contributed by atoms with Gasteiger partial charge in [0.15, 0.2) is 5.65 Å². The average Bonchev–Trinajstić information content (AvgIpc) is 3.04. The van der Waals surface area contributed by atoms with Crippen LogP contribution < -0.4 is 10.2 Å². The lowest BCUT2D eigenvalue weighted by Crippen LogP contribution is -2.52. The van der Waals surface area contributed by atoms with E-state index in [4.69, 9.17) is 16.3 Å². The molecule has 1 aliphatic rings. The van der Waals surface area contributed by atoms with Gasteiger partial charge in [0.2, 0.25) is 0 Å². The van der Waals surface area contributed by atoms with Gasteiger partial charge in [0.05, 0.1) is 17.8 Å². The lowest BCUT2D eigenvalue weighted by Gasteiger charge is -2.37. The molecule has 0 aliphatic heterocycles. The number of hydrogen-bond donors (Lipinski definition) is 2. The molecule has 2 aromatic heterocycles. The summed E-state index contributed by atoms with van der Waals surface area (Å²) in [7, 11) is 1.53. The summed E-state index contributed by atoms with van der Waals surface area (Å²) in [5, 5.41) is 17.8. The van der Waals surface area contributed by atoms with Crippen LogP contribution in [0.1, 0.15) is 63.7 Å². The van der Waals surface area contributed by atoms with Crippen LogP contribution in [0.25, 0.3) is 5.65 Å². The smallest absolute Gasteiger partial charge is 0.415 e. The van der Waals surface area contributed by atoms with E-state index in [-0.39, 0.29) is 22.4 Å². The van der Waals surface area contributed by atoms with Gasteiger partial charge in [0, 0.05) is 13.1 Å². The van der Waals surface area contributed by atoms with Crippen molar-refractivity contribution in [3.8, 4) is 0 Å². The van der Waals surface area contributed by atoms with Crippen LogP contribution >= 0.6 is 11.6 Å². The number of nitrogens with zero attached hydrogens (tertiary/aromatic N) is 4. The van der Waals surface area contributed by atoms with Crippen molar-refractivity contribution in [2.24, 2.45) is 0 Å². The van der Waals surface area contributed by atoms with Crippen molar-refractivity contribution >= 4 is 35.1 Å². The Morgan fingerprint density at radius 1 is 1.40 bits per heavy atom. The minimum absolute atomic E-state index is 0.104. The minimum atomic E-state index is -0.968. The number of hydrogen-bond acceptors (Lipinski definition) is 6. The van der Waals surface area contributed by atoms with Crippen LogP contribution in [0.4, 0.5) is 10.6 Å². The third-order valence-corrected chi connectivity index (χ3v) is 5.35. The summed E-state index contributed by atoms with van der Waals surface area (Å²) in [6.07, 6.45) is 3.96. The number of rotatable bonds is 3. The fourth-order valence-electron chi connectivity index (χ4n) is 3.52. The Kier molecular flexibility index (Phi) is 5.97. The van der Waals surface area contributed by atoms with Gasteiger partial charge in [-0.1, -0.05) is 24.4 Å². The van der Waals surface area contributed by atoms with Crippen LogP contribution in [0.2, 0.25) is 5.15 Å². The molecule has 2 atom stereocenters. The molecule has 0 spiro atoms. The van der Waals surface area contributed by atoms with E-state index >= 15 is 0 Å². The summed E-state index contributed by atoms with van der Waals surface area (Å²) < 4.78 is 6.76. The van der Waals surface area contributed by atoms with Crippen molar-refractivity contribution in [3.05, 3.63) is 23.0 Å². The van der Waals surface area contributed by atoms with Crippen LogP contribution in [0, 0.1) is 0 Å². The molecule has 3 rings (SSSR count). The zero-order chi connectivity index (χ0) is 22.3. The predicted molar refractivity (Wildman–Crippen MR) is 113 cm³/mol. The molecule has 164 valence electrons. The van der Waals surface area contributed by atoms with Crippen molar-refractivity contribution in [2.75, 3.05) is 11.9 Å². The summed E-state index contributed by atoms with van der Waals surface area (Å²) in [5.74, 6) is -0.0965. The number of anilines is 1. The van der Waals surface area contributed by atoms with Gasteiger partial charge in [-0.05, 0) is 40.5 Å². The Balaban J connectivity index is 1.92. The molecule has 2 amide bonds. The number of aromatic nitrogens is 3. The summed E-state index contributed by atoms with van der Waals surface area (Å²) in [6, 6.07) is 1.11. The van der Waals surface area contributed by atoms with Crippen molar-refractivity contribution in [3.63, 3.8) is 0 Å². The van der Waals surface area contributed by atoms with Gasteiger partial charge in [0.1, 0.15) is 22.1 Å². The molecule has 2 aromatic rings. The number of halogens is 1. The predicted octanol–water partition coefficient (Wildman–Crippen LogP) is 3.18. The Labute approximate surface area is 180 Å². The highest BCUT2D eigenvalue weighted by molar-refractivity contribution is 6.30.